The lowest BCUT2D eigenvalue weighted by molar-refractivity contribution is 0.0840. The lowest BCUT2D eigenvalue weighted by atomic mass is 9.85. The van der Waals surface area contributed by atoms with Crippen LogP contribution >= 0.6 is 11.8 Å². The first-order chi connectivity index (χ1) is 8.74. The molecule has 1 fully saturated rings. The third-order valence-electron chi connectivity index (χ3n) is 3.47. The summed E-state index contributed by atoms with van der Waals surface area (Å²) < 4.78 is 5.39. The topological polar surface area (TPSA) is 62.5 Å². The van der Waals surface area contributed by atoms with Crippen LogP contribution in [-0.4, -0.2) is 29.9 Å². The van der Waals surface area contributed by atoms with Gasteiger partial charge in [0.05, 0.1) is 0 Å². The lowest BCUT2D eigenvalue weighted by Crippen LogP contribution is -2.43. The molecule has 18 heavy (non-hydrogen) atoms. The predicted octanol–water partition coefficient (Wildman–Crippen LogP) is 2.28. The highest BCUT2D eigenvalue weighted by atomic mass is 32.2. The van der Waals surface area contributed by atoms with Gasteiger partial charge in [-0.25, -0.2) is 0 Å². The number of aliphatic hydroxyl groups excluding tert-OH is 1. The fourth-order valence-electron chi connectivity index (χ4n) is 2.41. The summed E-state index contributed by atoms with van der Waals surface area (Å²) in [6.07, 6.45) is 6.07. The molecule has 5 heteroatoms. The van der Waals surface area contributed by atoms with Crippen molar-refractivity contribution in [2.75, 3.05) is 12.9 Å². The van der Waals surface area contributed by atoms with Crippen molar-refractivity contribution < 1.29 is 14.3 Å². The van der Waals surface area contributed by atoms with E-state index in [1.165, 1.54) is 11.8 Å². The van der Waals surface area contributed by atoms with Gasteiger partial charge in [-0.3, -0.25) is 4.79 Å². The zero-order valence-corrected chi connectivity index (χ0v) is 11.3. The molecule has 1 aromatic rings. The summed E-state index contributed by atoms with van der Waals surface area (Å²) in [6, 6.07) is 3.56. The molecular formula is C13H19NO3S. The van der Waals surface area contributed by atoms with Gasteiger partial charge in [-0.15, -0.1) is 0 Å². The second kappa shape index (κ2) is 6.29. The summed E-state index contributed by atoms with van der Waals surface area (Å²) in [7, 11) is 0. The van der Waals surface area contributed by atoms with E-state index in [0.29, 0.717) is 5.76 Å². The van der Waals surface area contributed by atoms with Crippen LogP contribution in [0.5, 0.6) is 0 Å². The van der Waals surface area contributed by atoms with Crippen molar-refractivity contribution in [3.63, 3.8) is 0 Å². The van der Waals surface area contributed by atoms with Crippen LogP contribution in [0.4, 0.5) is 0 Å². The predicted molar refractivity (Wildman–Crippen MR) is 70.8 cm³/mol. The molecule has 0 spiro atoms. The molecule has 2 unspecified atom stereocenters. The number of thioether (sulfide) groups is 1. The number of carbonyl (C=O) groups excluding carboxylic acids is 1. The summed E-state index contributed by atoms with van der Waals surface area (Å²) in [5.41, 5.74) is 0. The van der Waals surface area contributed by atoms with E-state index in [-0.39, 0.29) is 24.5 Å². The first kappa shape index (κ1) is 13.5. The molecule has 1 saturated carbocycles. The Hall–Kier alpha value is -0.940. The van der Waals surface area contributed by atoms with Gasteiger partial charge < -0.3 is 14.8 Å². The van der Waals surface area contributed by atoms with Crippen molar-refractivity contribution >= 4 is 17.7 Å². The van der Waals surface area contributed by atoms with E-state index in [4.69, 9.17) is 4.42 Å². The maximum Gasteiger partial charge on any atom is 0.287 e. The first-order valence-electron chi connectivity index (χ1n) is 6.30. The highest BCUT2D eigenvalue weighted by Crippen LogP contribution is 2.25. The Morgan fingerprint density at radius 2 is 2.28 bits per heavy atom. The van der Waals surface area contributed by atoms with Gasteiger partial charge in [0.2, 0.25) is 0 Å². The SMILES string of the molecule is CSc1ccc(C(=O)NC2CCCCC2CO)o1. The van der Waals surface area contributed by atoms with Gasteiger partial charge in [-0.05, 0) is 31.2 Å². The van der Waals surface area contributed by atoms with Crippen LogP contribution in [0, 0.1) is 5.92 Å². The third kappa shape index (κ3) is 3.09. The number of rotatable bonds is 4. The quantitative estimate of drug-likeness (QED) is 0.823. The summed E-state index contributed by atoms with van der Waals surface area (Å²) in [5.74, 6) is 0.347. The van der Waals surface area contributed by atoms with E-state index in [2.05, 4.69) is 5.32 Å². The van der Waals surface area contributed by atoms with E-state index >= 15 is 0 Å². The van der Waals surface area contributed by atoms with Gasteiger partial charge in [0.15, 0.2) is 10.9 Å². The fourth-order valence-corrected chi connectivity index (χ4v) is 2.78. The standard InChI is InChI=1S/C13H19NO3S/c1-18-12-7-6-11(17-12)13(16)14-10-5-3-2-4-9(10)8-15/h6-7,9-10,15H,2-5,8H2,1H3,(H,14,16). The average Bonchev–Trinajstić information content (AvgIpc) is 2.88. The minimum atomic E-state index is -0.180. The second-order valence-electron chi connectivity index (χ2n) is 4.63. The molecule has 100 valence electrons. The first-order valence-corrected chi connectivity index (χ1v) is 7.52. The highest BCUT2D eigenvalue weighted by molar-refractivity contribution is 7.98. The Balaban J connectivity index is 1.97. The second-order valence-corrected chi connectivity index (χ2v) is 5.44. The number of carbonyl (C=O) groups is 1. The molecule has 1 aliphatic rings. The zero-order valence-electron chi connectivity index (χ0n) is 10.5. The summed E-state index contributed by atoms with van der Waals surface area (Å²) in [5, 5.41) is 13.0. The zero-order chi connectivity index (χ0) is 13.0. The molecule has 2 N–H and O–H groups in total. The molecular weight excluding hydrogens is 250 g/mol. The van der Waals surface area contributed by atoms with E-state index in [1.807, 2.05) is 6.26 Å². The van der Waals surface area contributed by atoms with Crippen LogP contribution in [0.2, 0.25) is 0 Å². The number of hydrogen-bond acceptors (Lipinski definition) is 4. The largest absolute Gasteiger partial charge is 0.445 e. The van der Waals surface area contributed by atoms with Crippen LogP contribution in [0.25, 0.3) is 0 Å². The van der Waals surface area contributed by atoms with Crippen molar-refractivity contribution in [1.82, 2.24) is 5.32 Å². The Morgan fingerprint density at radius 1 is 1.50 bits per heavy atom. The number of nitrogens with one attached hydrogen (secondary N) is 1. The van der Waals surface area contributed by atoms with Crippen molar-refractivity contribution in [1.29, 1.82) is 0 Å². The van der Waals surface area contributed by atoms with E-state index in [1.54, 1.807) is 12.1 Å². The maximum absolute atomic E-state index is 12.0. The summed E-state index contributed by atoms with van der Waals surface area (Å²) in [4.78, 5) is 12.0. The van der Waals surface area contributed by atoms with Crippen LogP contribution in [0.15, 0.2) is 21.6 Å². The Bertz CT molecular complexity index is 405. The van der Waals surface area contributed by atoms with Crippen molar-refractivity contribution in [3.8, 4) is 0 Å². The number of amides is 1. The molecule has 1 aromatic heterocycles. The molecule has 1 amide bonds. The van der Waals surface area contributed by atoms with E-state index < -0.39 is 0 Å². The maximum atomic E-state index is 12.0. The summed E-state index contributed by atoms with van der Waals surface area (Å²) >= 11 is 1.47. The third-order valence-corrected chi connectivity index (χ3v) is 4.09. The molecule has 2 rings (SSSR count). The summed E-state index contributed by atoms with van der Waals surface area (Å²) in [6.45, 7) is 0.138. The number of furan rings is 1. The van der Waals surface area contributed by atoms with E-state index in [9.17, 15) is 9.90 Å². The molecule has 0 saturated heterocycles. The van der Waals surface area contributed by atoms with Crippen LogP contribution in [0.1, 0.15) is 36.2 Å². The Morgan fingerprint density at radius 3 is 2.94 bits per heavy atom. The van der Waals surface area contributed by atoms with Crippen molar-refractivity contribution in [2.24, 2.45) is 5.92 Å². The Kier molecular flexibility index (Phi) is 4.72. The molecule has 1 heterocycles. The molecule has 0 bridgehead atoms. The monoisotopic (exact) mass is 269 g/mol. The number of aliphatic hydroxyl groups is 1. The van der Waals surface area contributed by atoms with Crippen LogP contribution < -0.4 is 5.32 Å². The van der Waals surface area contributed by atoms with Gasteiger partial charge >= 0.3 is 0 Å². The van der Waals surface area contributed by atoms with E-state index in [0.717, 1.165) is 30.8 Å². The molecule has 0 aromatic carbocycles. The van der Waals surface area contributed by atoms with Gasteiger partial charge in [0.25, 0.3) is 5.91 Å². The Labute approximate surface area is 111 Å². The molecule has 0 radical (unpaired) electrons. The van der Waals surface area contributed by atoms with Crippen LogP contribution in [0.3, 0.4) is 0 Å². The van der Waals surface area contributed by atoms with Crippen molar-refractivity contribution in [2.45, 2.75) is 36.8 Å². The molecule has 0 aliphatic heterocycles. The van der Waals surface area contributed by atoms with Crippen molar-refractivity contribution in [3.05, 3.63) is 17.9 Å². The minimum Gasteiger partial charge on any atom is -0.445 e. The average molecular weight is 269 g/mol. The van der Waals surface area contributed by atoms with Crippen LogP contribution in [-0.2, 0) is 0 Å². The van der Waals surface area contributed by atoms with Gasteiger partial charge in [-0.2, -0.15) is 0 Å². The highest BCUT2D eigenvalue weighted by Gasteiger charge is 2.26. The minimum absolute atomic E-state index is 0.0686. The number of hydrogen-bond donors (Lipinski definition) is 2. The normalized spacial score (nSPS) is 23.9. The molecule has 4 nitrogen and oxygen atoms in total. The smallest absolute Gasteiger partial charge is 0.287 e. The van der Waals surface area contributed by atoms with Gasteiger partial charge in [0.1, 0.15) is 0 Å². The lowest BCUT2D eigenvalue weighted by Gasteiger charge is -2.30. The van der Waals surface area contributed by atoms with Gasteiger partial charge in [0, 0.05) is 18.6 Å². The molecule has 1 aliphatic carbocycles. The fraction of sp³-hybridized carbons (Fsp3) is 0.615. The van der Waals surface area contributed by atoms with Gasteiger partial charge in [-0.1, -0.05) is 24.6 Å². The molecule has 2 atom stereocenters.